The average molecular weight is 546 g/mol. The van der Waals surface area contributed by atoms with Crippen LogP contribution in [0.5, 0.6) is 0 Å². The molecule has 0 aliphatic heterocycles. The zero-order valence-electron chi connectivity index (χ0n) is 23.1. The molecule has 3 atom stereocenters. The summed E-state index contributed by atoms with van der Waals surface area (Å²) in [7, 11) is 1.26. The van der Waals surface area contributed by atoms with Gasteiger partial charge in [-0.3, -0.25) is 9.59 Å². The van der Waals surface area contributed by atoms with Gasteiger partial charge in [0, 0.05) is 11.3 Å². The first-order chi connectivity index (χ1) is 17.8. The Labute approximate surface area is 228 Å². The van der Waals surface area contributed by atoms with Crippen molar-refractivity contribution in [1.82, 2.24) is 16.0 Å². The molecule has 0 bridgehead atoms. The van der Waals surface area contributed by atoms with E-state index in [4.69, 9.17) is 9.47 Å². The van der Waals surface area contributed by atoms with Crippen molar-refractivity contribution in [2.75, 3.05) is 7.11 Å². The minimum atomic E-state index is -0.941. The normalized spacial score (nSPS) is 13.7. The number of amides is 3. The lowest BCUT2D eigenvalue weighted by molar-refractivity contribution is -0.145. The summed E-state index contributed by atoms with van der Waals surface area (Å²) in [5, 5.41) is 9.91. The number of thiophene rings is 1. The van der Waals surface area contributed by atoms with Crippen LogP contribution in [-0.2, 0) is 30.3 Å². The SMILES string of the molecule is COC(=O)[C@H](Cc1ccc(-c2cccs2)cc1)NC(=O)[C@H](CC(C)C)NC(=O)[C@H](C)NC(=O)OC(C)(C)C. The van der Waals surface area contributed by atoms with Crippen molar-refractivity contribution >= 4 is 35.2 Å². The lowest BCUT2D eigenvalue weighted by atomic mass is 10.0. The maximum atomic E-state index is 13.2. The summed E-state index contributed by atoms with van der Waals surface area (Å²) in [4.78, 5) is 51.7. The van der Waals surface area contributed by atoms with E-state index < -0.39 is 47.6 Å². The van der Waals surface area contributed by atoms with E-state index in [1.54, 1.807) is 32.1 Å². The molecule has 3 amide bonds. The zero-order chi connectivity index (χ0) is 28.5. The minimum absolute atomic E-state index is 0.0709. The van der Waals surface area contributed by atoms with Gasteiger partial charge in [0.15, 0.2) is 0 Å². The Bertz CT molecular complexity index is 1080. The lowest BCUT2D eigenvalue weighted by Gasteiger charge is -2.25. The van der Waals surface area contributed by atoms with E-state index in [0.29, 0.717) is 6.42 Å². The fourth-order valence-electron chi connectivity index (χ4n) is 3.64. The molecular formula is C28H39N3O6S. The fraction of sp³-hybridized carbons (Fsp3) is 0.500. The van der Waals surface area contributed by atoms with Crippen LogP contribution in [-0.4, -0.2) is 54.7 Å². The standard InChI is InChI=1S/C28H39N3O6S/c1-17(2)15-21(30-24(32)18(3)29-27(35)37-28(4,5)6)25(33)31-22(26(34)36-7)16-19-10-12-20(13-11-19)23-9-8-14-38-23/h8-14,17-18,21-22H,15-16H2,1-7H3,(H,29,35)(H,30,32)(H,31,33)/t18-,21-,22-/m0/s1. The largest absolute Gasteiger partial charge is 0.467 e. The number of hydrogen-bond acceptors (Lipinski definition) is 7. The molecule has 0 radical (unpaired) electrons. The number of carbonyl (C=O) groups is 4. The molecule has 0 aliphatic carbocycles. The zero-order valence-corrected chi connectivity index (χ0v) is 23.9. The van der Waals surface area contributed by atoms with Crippen LogP contribution in [0.25, 0.3) is 10.4 Å². The highest BCUT2D eigenvalue weighted by Gasteiger charge is 2.30. The van der Waals surface area contributed by atoms with Crippen LogP contribution in [0.1, 0.15) is 53.5 Å². The molecule has 0 fully saturated rings. The molecule has 0 saturated carbocycles. The molecule has 2 rings (SSSR count). The quantitative estimate of drug-likeness (QED) is 0.366. The molecular weight excluding hydrogens is 506 g/mol. The summed E-state index contributed by atoms with van der Waals surface area (Å²) in [6.45, 7) is 10.5. The molecule has 9 nitrogen and oxygen atoms in total. The van der Waals surface area contributed by atoms with Crippen LogP contribution in [0.15, 0.2) is 41.8 Å². The van der Waals surface area contributed by atoms with Crippen molar-refractivity contribution in [3.8, 4) is 10.4 Å². The summed E-state index contributed by atoms with van der Waals surface area (Å²) in [5.74, 6) is -1.57. The molecule has 3 N–H and O–H groups in total. The predicted molar refractivity (Wildman–Crippen MR) is 148 cm³/mol. The predicted octanol–water partition coefficient (Wildman–Crippen LogP) is 4.06. The van der Waals surface area contributed by atoms with E-state index in [1.807, 2.05) is 55.6 Å². The number of nitrogens with one attached hydrogen (secondary N) is 3. The van der Waals surface area contributed by atoms with E-state index in [0.717, 1.165) is 16.0 Å². The fourth-order valence-corrected chi connectivity index (χ4v) is 4.37. The second-order valence-corrected chi connectivity index (χ2v) is 11.5. The summed E-state index contributed by atoms with van der Waals surface area (Å²) in [6, 6.07) is 8.98. The Balaban J connectivity index is 2.09. The maximum Gasteiger partial charge on any atom is 0.408 e. The Morgan fingerprint density at radius 3 is 2.05 bits per heavy atom. The van der Waals surface area contributed by atoms with Crippen molar-refractivity contribution in [2.24, 2.45) is 5.92 Å². The number of ether oxygens (including phenoxy) is 2. The lowest BCUT2D eigenvalue weighted by Crippen LogP contribution is -2.56. The highest BCUT2D eigenvalue weighted by Crippen LogP contribution is 2.25. The van der Waals surface area contributed by atoms with Crippen molar-refractivity contribution in [3.63, 3.8) is 0 Å². The monoisotopic (exact) mass is 545 g/mol. The second-order valence-electron chi connectivity index (χ2n) is 10.5. The van der Waals surface area contributed by atoms with Gasteiger partial charge in [0.05, 0.1) is 7.11 Å². The minimum Gasteiger partial charge on any atom is -0.467 e. The number of hydrogen-bond donors (Lipinski definition) is 3. The summed E-state index contributed by atoms with van der Waals surface area (Å²) < 4.78 is 10.1. The third-order valence-corrected chi connectivity index (χ3v) is 6.39. The first-order valence-electron chi connectivity index (χ1n) is 12.6. The molecule has 38 heavy (non-hydrogen) atoms. The van der Waals surface area contributed by atoms with E-state index in [2.05, 4.69) is 16.0 Å². The molecule has 2 aromatic rings. The summed E-state index contributed by atoms with van der Waals surface area (Å²) >= 11 is 1.64. The molecule has 0 saturated heterocycles. The Morgan fingerprint density at radius 1 is 0.895 bits per heavy atom. The second kappa shape index (κ2) is 13.9. The number of rotatable bonds is 11. The van der Waals surface area contributed by atoms with Crippen LogP contribution in [0.3, 0.4) is 0 Å². The van der Waals surface area contributed by atoms with Crippen LogP contribution < -0.4 is 16.0 Å². The maximum absolute atomic E-state index is 13.2. The van der Waals surface area contributed by atoms with Gasteiger partial charge < -0.3 is 25.4 Å². The van der Waals surface area contributed by atoms with Gasteiger partial charge in [-0.15, -0.1) is 11.3 Å². The van der Waals surface area contributed by atoms with Gasteiger partial charge in [-0.05, 0) is 62.6 Å². The Kier molecular flexibility index (Phi) is 11.3. The van der Waals surface area contributed by atoms with Crippen molar-refractivity contribution in [3.05, 3.63) is 47.3 Å². The Morgan fingerprint density at radius 2 is 1.53 bits per heavy atom. The third kappa shape index (κ3) is 10.2. The van der Waals surface area contributed by atoms with Gasteiger partial charge in [0.1, 0.15) is 23.7 Å². The Hall–Kier alpha value is -3.40. The van der Waals surface area contributed by atoms with E-state index in [9.17, 15) is 19.2 Å². The molecule has 1 aromatic carbocycles. The molecule has 0 aliphatic rings. The van der Waals surface area contributed by atoms with Crippen molar-refractivity contribution in [1.29, 1.82) is 0 Å². The molecule has 1 heterocycles. The average Bonchev–Trinajstić information content (AvgIpc) is 3.36. The highest BCUT2D eigenvalue weighted by atomic mass is 32.1. The number of methoxy groups -OCH3 is 1. The van der Waals surface area contributed by atoms with E-state index in [1.165, 1.54) is 14.0 Å². The van der Waals surface area contributed by atoms with Crippen LogP contribution in [0, 0.1) is 5.92 Å². The third-order valence-electron chi connectivity index (χ3n) is 5.47. The highest BCUT2D eigenvalue weighted by molar-refractivity contribution is 7.13. The number of alkyl carbamates (subject to hydrolysis) is 1. The van der Waals surface area contributed by atoms with Gasteiger partial charge in [-0.2, -0.15) is 0 Å². The first kappa shape index (κ1) is 30.8. The van der Waals surface area contributed by atoms with Gasteiger partial charge in [0.25, 0.3) is 0 Å². The first-order valence-corrected chi connectivity index (χ1v) is 13.5. The van der Waals surface area contributed by atoms with Gasteiger partial charge in [0.2, 0.25) is 11.8 Å². The molecule has 0 unspecified atom stereocenters. The topological polar surface area (TPSA) is 123 Å². The molecule has 10 heteroatoms. The number of esters is 1. The van der Waals surface area contributed by atoms with Gasteiger partial charge >= 0.3 is 12.1 Å². The summed E-state index contributed by atoms with van der Waals surface area (Å²) in [5.41, 5.74) is 1.20. The van der Waals surface area contributed by atoms with Gasteiger partial charge in [-0.1, -0.05) is 44.2 Å². The van der Waals surface area contributed by atoms with Crippen LogP contribution >= 0.6 is 11.3 Å². The van der Waals surface area contributed by atoms with Crippen molar-refractivity contribution in [2.45, 2.75) is 78.1 Å². The van der Waals surface area contributed by atoms with Crippen molar-refractivity contribution < 1.29 is 28.7 Å². The molecule has 208 valence electrons. The smallest absolute Gasteiger partial charge is 0.408 e. The summed E-state index contributed by atoms with van der Waals surface area (Å²) in [6.07, 6.45) is -0.178. The number of benzene rings is 1. The van der Waals surface area contributed by atoms with E-state index >= 15 is 0 Å². The molecule has 1 aromatic heterocycles. The molecule has 0 spiro atoms. The van der Waals surface area contributed by atoms with E-state index in [-0.39, 0.29) is 12.3 Å². The number of carbonyl (C=O) groups excluding carboxylic acids is 4. The van der Waals surface area contributed by atoms with Crippen LogP contribution in [0.2, 0.25) is 0 Å². The van der Waals surface area contributed by atoms with Gasteiger partial charge in [-0.25, -0.2) is 9.59 Å². The van der Waals surface area contributed by atoms with Crippen LogP contribution in [0.4, 0.5) is 4.79 Å².